The molecule has 0 bridgehead atoms. The van der Waals surface area contributed by atoms with E-state index in [1.54, 1.807) is 13.2 Å². The van der Waals surface area contributed by atoms with Crippen LogP contribution in [-0.2, 0) is 15.9 Å². The summed E-state index contributed by atoms with van der Waals surface area (Å²) in [5.74, 6) is 0.448. The Morgan fingerprint density at radius 1 is 1.09 bits per heavy atom. The predicted octanol–water partition coefficient (Wildman–Crippen LogP) is 2.91. The molecule has 0 aliphatic carbocycles. The Labute approximate surface area is 269 Å². The lowest BCUT2D eigenvalue weighted by Crippen LogP contribution is -2.65. The molecular weight excluding hydrogens is 589 g/mol. The number of hydrogen-bond acceptors (Lipinski definition) is 10. The summed E-state index contributed by atoms with van der Waals surface area (Å²) in [4.78, 5) is 26.6. The van der Waals surface area contributed by atoms with Crippen molar-refractivity contribution in [3.05, 3.63) is 53.7 Å². The van der Waals surface area contributed by atoms with Gasteiger partial charge < -0.3 is 29.5 Å². The number of piperazine rings is 2. The van der Waals surface area contributed by atoms with Crippen molar-refractivity contribution in [2.24, 2.45) is 0 Å². The summed E-state index contributed by atoms with van der Waals surface area (Å²) in [5, 5.41) is 16.5. The molecule has 12 nitrogen and oxygen atoms in total. The van der Waals surface area contributed by atoms with E-state index < -0.39 is 17.5 Å². The van der Waals surface area contributed by atoms with Gasteiger partial charge in [-0.1, -0.05) is 6.07 Å². The maximum Gasteiger partial charge on any atom is 0.408 e. The summed E-state index contributed by atoms with van der Waals surface area (Å²) in [7, 11) is 1.66. The van der Waals surface area contributed by atoms with Gasteiger partial charge in [0.15, 0.2) is 5.82 Å². The number of nitriles is 1. The molecule has 0 unspecified atom stereocenters. The summed E-state index contributed by atoms with van der Waals surface area (Å²) in [6, 6.07) is 10.3. The minimum atomic E-state index is -0.564. The number of carbonyl (C=O) groups excluding carboxylic acids is 1. The fourth-order valence-electron chi connectivity index (χ4n) is 7.05. The zero-order valence-electron chi connectivity index (χ0n) is 27.3. The third-order valence-electron chi connectivity index (χ3n) is 9.26. The Morgan fingerprint density at radius 2 is 1.91 bits per heavy atom. The average Bonchev–Trinajstić information content (AvgIpc) is 3.62. The Morgan fingerprint density at radius 3 is 2.63 bits per heavy atom. The van der Waals surface area contributed by atoms with Gasteiger partial charge in [0.1, 0.15) is 28.7 Å². The molecule has 1 amide bonds. The molecule has 46 heavy (non-hydrogen) atoms. The summed E-state index contributed by atoms with van der Waals surface area (Å²) in [5.41, 5.74) is 2.08. The van der Waals surface area contributed by atoms with Gasteiger partial charge in [0.25, 0.3) is 0 Å². The van der Waals surface area contributed by atoms with E-state index in [-0.39, 0.29) is 12.1 Å². The minimum Gasteiger partial charge on any atom is -0.444 e. The van der Waals surface area contributed by atoms with Crippen LogP contribution < -0.4 is 15.1 Å². The molecule has 1 N–H and O–H groups in total. The van der Waals surface area contributed by atoms with Crippen LogP contribution in [0.25, 0.3) is 5.52 Å². The number of anilines is 2. The normalized spacial score (nSPS) is 24.2. The van der Waals surface area contributed by atoms with Crippen LogP contribution >= 0.6 is 0 Å². The number of ether oxygens (including phenoxy) is 2. The maximum absolute atomic E-state index is 14.8. The highest BCUT2D eigenvalue weighted by atomic mass is 19.1. The lowest BCUT2D eigenvalue weighted by molar-refractivity contribution is 0.0356. The highest BCUT2D eigenvalue weighted by Gasteiger charge is 2.38. The van der Waals surface area contributed by atoms with Crippen LogP contribution in [-0.4, -0.2) is 120 Å². The van der Waals surface area contributed by atoms with E-state index in [2.05, 4.69) is 49.1 Å². The number of rotatable bonds is 7. The molecule has 0 aromatic carbocycles. The van der Waals surface area contributed by atoms with E-state index in [9.17, 15) is 14.4 Å². The summed E-state index contributed by atoms with van der Waals surface area (Å²) < 4.78 is 27.3. The van der Waals surface area contributed by atoms with Crippen LogP contribution in [0, 0.1) is 17.1 Å². The first kappa shape index (κ1) is 32.0. The first-order valence-electron chi connectivity index (χ1n) is 16.0. The number of pyridine rings is 2. The van der Waals surface area contributed by atoms with Crippen molar-refractivity contribution in [2.75, 3.05) is 69.3 Å². The first-order valence-corrected chi connectivity index (χ1v) is 16.0. The Hall–Kier alpha value is -3.99. The number of carbonyl (C=O) groups is 1. The molecule has 6 rings (SSSR count). The molecule has 0 saturated carbocycles. The molecule has 3 saturated heterocycles. The number of aromatic nitrogens is 3. The largest absolute Gasteiger partial charge is 0.444 e. The van der Waals surface area contributed by atoms with Gasteiger partial charge in [-0.25, -0.2) is 18.7 Å². The number of nitrogens with one attached hydrogen (secondary N) is 1. The van der Waals surface area contributed by atoms with Gasteiger partial charge in [-0.15, -0.1) is 0 Å². The molecule has 3 fully saturated rings. The Balaban J connectivity index is 1.04. The molecule has 3 aromatic rings. The van der Waals surface area contributed by atoms with E-state index in [1.165, 1.54) is 16.3 Å². The quantitative estimate of drug-likeness (QED) is 0.417. The van der Waals surface area contributed by atoms with E-state index in [0.29, 0.717) is 36.4 Å². The molecule has 3 aliphatic rings. The van der Waals surface area contributed by atoms with Gasteiger partial charge in [-0.3, -0.25) is 4.90 Å². The maximum atomic E-state index is 14.8. The zero-order chi connectivity index (χ0) is 32.6. The molecule has 0 spiro atoms. The molecule has 3 aliphatic heterocycles. The van der Waals surface area contributed by atoms with Gasteiger partial charge in [0.2, 0.25) is 0 Å². The second-order valence-corrected chi connectivity index (χ2v) is 13.6. The predicted molar refractivity (Wildman–Crippen MR) is 173 cm³/mol. The number of hydrogen-bond donors (Lipinski definition) is 1. The smallest absolute Gasteiger partial charge is 0.408 e. The number of methoxy groups -OCH3 is 1. The summed E-state index contributed by atoms with van der Waals surface area (Å²) >= 11 is 0. The average molecular weight is 634 g/mol. The van der Waals surface area contributed by atoms with Gasteiger partial charge in [0, 0.05) is 77.7 Å². The fourth-order valence-corrected chi connectivity index (χ4v) is 7.05. The van der Waals surface area contributed by atoms with E-state index in [1.807, 2.05) is 39.1 Å². The van der Waals surface area contributed by atoms with Crippen molar-refractivity contribution < 1.29 is 18.7 Å². The number of halogens is 1. The SMILES string of the molecule is CO[C@@H]1CN(c2ccc(CCN3CCN4[C@@H](C3)CN(c3ccc(C#N)n5ncc(F)c35)C[C@H]4C)cn2)C[C@H]1NC(=O)OC(C)(C)C. The standard InChI is InChI=1S/C33H44FN9O3/c1-22-17-40(28-8-7-24(14-35)43-31(28)26(34)16-37-43)19-25-18-39(12-13-42(22)25)11-10-23-6-9-30(36-15-23)41-20-27(29(21-41)45-5)38-32(44)46-33(2,3)4/h6-9,15-16,22,25,27,29H,10-13,17-21H2,1-5H3,(H,38,44)/t22-,25+,27-,29-/m1/s1. The van der Waals surface area contributed by atoms with E-state index in [4.69, 9.17) is 14.5 Å². The lowest BCUT2D eigenvalue weighted by atomic mass is 10.0. The molecule has 0 radical (unpaired) electrons. The van der Waals surface area contributed by atoms with Crippen molar-refractivity contribution in [1.29, 1.82) is 5.26 Å². The van der Waals surface area contributed by atoms with Crippen LogP contribution in [0.4, 0.5) is 20.7 Å². The van der Waals surface area contributed by atoms with Gasteiger partial charge in [0.05, 0.1) is 24.0 Å². The topological polar surface area (TPSA) is 115 Å². The second-order valence-electron chi connectivity index (χ2n) is 13.6. The van der Waals surface area contributed by atoms with Crippen molar-refractivity contribution in [1.82, 2.24) is 29.7 Å². The summed E-state index contributed by atoms with van der Waals surface area (Å²) in [6.45, 7) is 14.4. The number of amides is 1. The van der Waals surface area contributed by atoms with Crippen LogP contribution in [0.1, 0.15) is 39.0 Å². The number of nitrogens with zero attached hydrogens (tertiary/aromatic N) is 8. The zero-order valence-corrected chi connectivity index (χ0v) is 27.3. The van der Waals surface area contributed by atoms with Crippen molar-refractivity contribution in [3.63, 3.8) is 0 Å². The third kappa shape index (κ3) is 6.74. The molecule has 246 valence electrons. The van der Waals surface area contributed by atoms with Gasteiger partial charge >= 0.3 is 6.09 Å². The van der Waals surface area contributed by atoms with E-state index >= 15 is 0 Å². The second kappa shape index (κ2) is 13.0. The molecule has 6 heterocycles. The Kier molecular flexibility index (Phi) is 9.05. The highest BCUT2D eigenvalue weighted by molar-refractivity contribution is 5.75. The van der Waals surface area contributed by atoms with Gasteiger partial charge in [-0.05, 0) is 57.9 Å². The molecule has 13 heteroatoms. The van der Waals surface area contributed by atoms with Crippen molar-refractivity contribution >= 4 is 23.1 Å². The summed E-state index contributed by atoms with van der Waals surface area (Å²) in [6.07, 6.45) is 3.42. The van der Waals surface area contributed by atoms with Crippen molar-refractivity contribution in [2.45, 2.75) is 63.9 Å². The Bertz CT molecular complexity index is 1580. The van der Waals surface area contributed by atoms with Crippen LogP contribution in [0.3, 0.4) is 0 Å². The molecule has 3 aromatic heterocycles. The van der Waals surface area contributed by atoms with E-state index in [0.717, 1.165) is 57.2 Å². The van der Waals surface area contributed by atoms with Gasteiger partial charge in [-0.2, -0.15) is 10.4 Å². The number of alkyl carbamates (subject to hydrolysis) is 1. The number of fused-ring (bicyclic) bond motifs is 2. The minimum absolute atomic E-state index is 0.159. The lowest BCUT2D eigenvalue weighted by Gasteiger charge is -2.51. The molecule has 4 atom stereocenters. The van der Waals surface area contributed by atoms with Crippen molar-refractivity contribution in [3.8, 4) is 6.07 Å². The fraction of sp³-hybridized carbons (Fsp3) is 0.576. The third-order valence-corrected chi connectivity index (χ3v) is 9.26. The highest BCUT2D eigenvalue weighted by Crippen LogP contribution is 2.30. The van der Waals surface area contributed by atoms with Crippen LogP contribution in [0.2, 0.25) is 0 Å². The molecular formula is C33H44FN9O3. The monoisotopic (exact) mass is 633 g/mol. The first-order chi connectivity index (χ1) is 22.0. The van der Waals surface area contributed by atoms with Crippen LogP contribution in [0.15, 0.2) is 36.7 Å². The van der Waals surface area contributed by atoms with Crippen LogP contribution in [0.5, 0.6) is 0 Å².